The molecule has 1 rings (SSSR count). The van der Waals surface area contributed by atoms with Crippen LogP contribution in [-0.2, 0) is 7.05 Å². The van der Waals surface area contributed by atoms with Gasteiger partial charge in [0.1, 0.15) is 0 Å². The number of rotatable bonds is 0. The van der Waals surface area contributed by atoms with Crippen LogP contribution in [0.2, 0.25) is 5.15 Å². The topological polar surface area (TPSA) is 34.9 Å². The van der Waals surface area contributed by atoms with Crippen molar-refractivity contribution in [2.75, 3.05) is 0 Å². The molecule has 0 radical (unpaired) electrons. The third-order valence-electron chi connectivity index (χ3n) is 0.706. The molecule has 1 aromatic rings. The summed E-state index contributed by atoms with van der Waals surface area (Å²) < 4.78 is 4.94. The van der Waals surface area contributed by atoms with E-state index in [-0.39, 0.29) is 10.7 Å². The Balaban J connectivity index is 3.42. The minimum Gasteiger partial charge on any atom is -0.265 e. The highest BCUT2D eigenvalue weighted by atomic mass is 35.5. The van der Waals surface area contributed by atoms with Crippen LogP contribution in [-0.4, -0.2) is 8.33 Å². The summed E-state index contributed by atoms with van der Waals surface area (Å²) in [7, 11) is 1.62. The number of hydrogen-bond donors (Lipinski definition) is 0. The fourth-order valence-corrected chi connectivity index (χ4v) is 1.01. The number of halogens is 1. The summed E-state index contributed by atoms with van der Waals surface area (Å²) in [6.45, 7) is 0. The molecule has 5 heteroatoms. The Kier molecular flexibility index (Phi) is 1.35. The predicted octanol–water partition coefficient (Wildman–Crippen LogP) is 0.495. The van der Waals surface area contributed by atoms with Crippen LogP contribution in [0.1, 0.15) is 0 Å². The molecule has 0 spiro atoms. The second-order valence-electron chi connectivity index (χ2n) is 1.27. The highest BCUT2D eigenvalue weighted by molar-refractivity contribution is 7.00. The van der Waals surface area contributed by atoms with Gasteiger partial charge < -0.3 is 0 Å². The molecule has 0 unspecified atom stereocenters. The van der Waals surface area contributed by atoms with Gasteiger partial charge in [-0.25, -0.2) is 3.96 Å². The Morgan fingerprint density at radius 1 is 1.88 bits per heavy atom. The normalized spacial score (nSPS) is 9.75. The minimum absolute atomic E-state index is 0.0532. The van der Waals surface area contributed by atoms with Crippen molar-refractivity contribution in [3.05, 3.63) is 15.5 Å². The molecular weight excluding hydrogens is 148 g/mol. The van der Waals surface area contributed by atoms with Crippen LogP contribution in [0, 0.1) is 0 Å². The summed E-state index contributed by atoms with van der Waals surface area (Å²) in [5, 5.41) is 0.0532. The lowest BCUT2D eigenvalue weighted by Crippen LogP contribution is -2.07. The summed E-state index contributed by atoms with van der Waals surface area (Å²) in [5.74, 6) is 0. The molecule has 0 saturated carbocycles. The smallest absolute Gasteiger partial charge is 0.265 e. The van der Waals surface area contributed by atoms with Gasteiger partial charge in [-0.3, -0.25) is 4.79 Å². The molecule has 0 aliphatic carbocycles. The third kappa shape index (κ3) is 0.763. The van der Waals surface area contributed by atoms with Crippen molar-refractivity contribution in [1.29, 1.82) is 0 Å². The maximum Gasteiger partial charge on any atom is 0.299 e. The lowest BCUT2D eigenvalue weighted by molar-refractivity contribution is 0.981. The van der Waals surface area contributed by atoms with Gasteiger partial charge in [-0.15, -0.1) is 0 Å². The fraction of sp³-hybridized carbons (Fsp3) is 0.333. The SMILES string of the molecule is Cn1snc(Cl)c1=O. The van der Waals surface area contributed by atoms with Crippen LogP contribution in [0.3, 0.4) is 0 Å². The third-order valence-corrected chi connectivity index (χ3v) is 1.73. The van der Waals surface area contributed by atoms with Crippen LogP contribution in [0.4, 0.5) is 0 Å². The van der Waals surface area contributed by atoms with E-state index < -0.39 is 0 Å². The first kappa shape index (κ1) is 5.78. The maximum absolute atomic E-state index is 10.5. The molecule has 0 aliphatic rings. The molecule has 0 aromatic carbocycles. The zero-order valence-electron chi connectivity index (χ0n) is 4.09. The number of nitrogens with zero attached hydrogens (tertiary/aromatic N) is 2. The van der Waals surface area contributed by atoms with E-state index in [1.165, 1.54) is 3.96 Å². The van der Waals surface area contributed by atoms with Gasteiger partial charge in [-0.1, -0.05) is 11.6 Å². The molecule has 1 heterocycles. The molecule has 44 valence electrons. The van der Waals surface area contributed by atoms with E-state index in [9.17, 15) is 4.79 Å². The molecule has 1 aromatic heterocycles. The lowest BCUT2D eigenvalue weighted by atomic mass is 10.9. The monoisotopic (exact) mass is 150 g/mol. The largest absolute Gasteiger partial charge is 0.299 e. The number of aromatic nitrogens is 2. The van der Waals surface area contributed by atoms with Gasteiger partial charge in [0.2, 0.25) is 5.15 Å². The van der Waals surface area contributed by atoms with Gasteiger partial charge in [0, 0.05) is 7.05 Å². The molecule has 0 aliphatic heterocycles. The number of hydrogen-bond acceptors (Lipinski definition) is 3. The average molecular weight is 151 g/mol. The van der Waals surface area contributed by atoms with E-state index in [0.717, 1.165) is 11.7 Å². The highest BCUT2D eigenvalue weighted by Crippen LogP contribution is 1.96. The summed E-state index contributed by atoms with van der Waals surface area (Å²) in [6, 6.07) is 0. The second kappa shape index (κ2) is 1.87. The van der Waals surface area contributed by atoms with E-state index in [4.69, 9.17) is 11.6 Å². The first-order valence-electron chi connectivity index (χ1n) is 1.90. The van der Waals surface area contributed by atoms with Gasteiger partial charge in [0.25, 0.3) is 5.56 Å². The molecule has 0 saturated heterocycles. The second-order valence-corrected chi connectivity index (χ2v) is 2.52. The van der Waals surface area contributed by atoms with Gasteiger partial charge in [-0.05, 0) is 0 Å². The lowest BCUT2D eigenvalue weighted by Gasteiger charge is -1.74. The summed E-state index contributed by atoms with van der Waals surface area (Å²) in [5.41, 5.74) is -0.225. The Morgan fingerprint density at radius 3 is 2.62 bits per heavy atom. The molecule has 0 N–H and O–H groups in total. The minimum atomic E-state index is -0.225. The van der Waals surface area contributed by atoms with E-state index >= 15 is 0 Å². The van der Waals surface area contributed by atoms with Crippen molar-refractivity contribution in [3.8, 4) is 0 Å². The average Bonchev–Trinajstić information content (AvgIpc) is 1.98. The van der Waals surface area contributed by atoms with Crippen molar-refractivity contribution < 1.29 is 0 Å². The first-order chi connectivity index (χ1) is 3.72. The van der Waals surface area contributed by atoms with Crippen molar-refractivity contribution in [2.24, 2.45) is 7.05 Å². The Bertz CT molecular complexity index is 217. The fourth-order valence-electron chi connectivity index (χ4n) is 0.303. The Morgan fingerprint density at radius 2 is 2.50 bits per heavy atom. The maximum atomic E-state index is 10.5. The quantitative estimate of drug-likeness (QED) is 0.540. The molecule has 0 amide bonds. The standard InChI is InChI=1S/C3H3ClN2OS/c1-6-3(7)2(4)5-8-6/h1H3. The van der Waals surface area contributed by atoms with Crippen molar-refractivity contribution >= 4 is 23.3 Å². The van der Waals surface area contributed by atoms with E-state index in [0.29, 0.717) is 0 Å². The zero-order chi connectivity index (χ0) is 6.15. The first-order valence-corrected chi connectivity index (χ1v) is 3.01. The summed E-state index contributed by atoms with van der Waals surface area (Å²) in [4.78, 5) is 10.5. The molecule has 0 bridgehead atoms. The Labute approximate surface area is 54.8 Å². The predicted molar refractivity (Wildman–Crippen MR) is 32.4 cm³/mol. The van der Waals surface area contributed by atoms with Crippen molar-refractivity contribution in [2.45, 2.75) is 0 Å². The molecule has 0 atom stereocenters. The van der Waals surface area contributed by atoms with Crippen LogP contribution in [0.5, 0.6) is 0 Å². The van der Waals surface area contributed by atoms with E-state index in [2.05, 4.69) is 4.37 Å². The van der Waals surface area contributed by atoms with Gasteiger partial charge in [0.05, 0.1) is 11.7 Å². The van der Waals surface area contributed by atoms with Crippen molar-refractivity contribution in [3.63, 3.8) is 0 Å². The zero-order valence-corrected chi connectivity index (χ0v) is 5.66. The van der Waals surface area contributed by atoms with Crippen LogP contribution in [0.15, 0.2) is 4.79 Å². The van der Waals surface area contributed by atoms with Crippen LogP contribution >= 0.6 is 23.3 Å². The summed E-state index contributed by atoms with van der Waals surface area (Å²) >= 11 is 6.35. The highest BCUT2D eigenvalue weighted by Gasteiger charge is 1.98. The van der Waals surface area contributed by atoms with Crippen molar-refractivity contribution in [1.82, 2.24) is 8.33 Å². The van der Waals surface area contributed by atoms with Gasteiger partial charge in [-0.2, -0.15) is 4.37 Å². The van der Waals surface area contributed by atoms with E-state index in [1.54, 1.807) is 7.05 Å². The molecule has 0 fully saturated rings. The molecule has 8 heavy (non-hydrogen) atoms. The summed E-state index contributed by atoms with van der Waals surface area (Å²) in [6.07, 6.45) is 0. The molecular formula is C3H3ClN2OS. The van der Waals surface area contributed by atoms with E-state index in [1.807, 2.05) is 0 Å². The molecule has 3 nitrogen and oxygen atoms in total. The van der Waals surface area contributed by atoms with Gasteiger partial charge in [0.15, 0.2) is 0 Å². The van der Waals surface area contributed by atoms with Gasteiger partial charge >= 0.3 is 0 Å². The number of aryl methyl sites for hydroxylation is 1. The van der Waals surface area contributed by atoms with Crippen LogP contribution < -0.4 is 5.56 Å². The Hall–Kier alpha value is -0.350. The van der Waals surface area contributed by atoms with Crippen LogP contribution in [0.25, 0.3) is 0 Å².